The lowest BCUT2D eigenvalue weighted by Gasteiger charge is -2.10. The Bertz CT molecular complexity index is 685. The summed E-state index contributed by atoms with van der Waals surface area (Å²) in [7, 11) is 0. The van der Waals surface area contributed by atoms with Gasteiger partial charge in [0, 0.05) is 22.6 Å². The molecule has 0 unspecified atom stereocenters. The van der Waals surface area contributed by atoms with Gasteiger partial charge >= 0.3 is 5.97 Å². The summed E-state index contributed by atoms with van der Waals surface area (Å²) >= 11 is 1.46. The van der Waals surface area contributed by atoms with E-state index < -0.39 is 10.9 Å². The molecular formula is C14H11NO4S. The minimum absolute atomic E-state index is 0.0529. The van der Waals surface area contributed by atoms with E-state index in [0.29, 0.717) is 11.1 Å². The first-order chi connectivity index (χ1) is 9.54. The maximum atomic E-state index is 11.3. The SMILES string of the molecule is CSc1ccccc1-c1cc([N+](=O)[O-])ccc1C(=O)O. The molecule has 2 aromatic carbocycles. The van der Waals surface area contributed by atoms with Crippen LogP contribution in [0.5, 0.6) is 0 Å². The van der Waals surface area contributed by atoms with Gasteiger partial charge in [-0.15, -0.1) is 11.8 Å². The van der Waals surface area contributed by atoms with E-state index in [9.17, 15) is 20.0 Å². The molecule has 6 heteroatoms. The monoisotopic (exact) mass is 289 g/mol. The Hall–Kier alpha value is -2.34. The summed E-state index contributed by atoms with van der Waals surface area (Å²) in [6.45, 7) is 0. The largest absolute Gasteiger partial charge is 0.478 e. The van der Waals surface area contributed by atoms with Crippen molar-refractivity contribution in [3.05, 3.63) is 58.1 Å². The van der Waals surface area contributed by atoms with E-state index in [2.05, 4.69) is 0 Å². The van der Waals surface area contributed by atoms with Crippen LogP contribution in [-0.2, 0) is 0 Å². The van der Waals surface area contributed by atoms with Gasteiger partial charge in [-0.05, 0) is 24.0 Å². The van der Waals surface area contributed by atoms with Gasteiger partial charge in [0.2, 0.25) is 0 Å². The second-order valence-electron chi connectivity index (χ2n) is 3.99. The molecule has 102 valence electrons. The minimum Gasteiger partial charge on any atom is -0.478 e. The van der Waals surface area contributed by atoms with Crippen molar-refractivity contribution in [3.8, 4) is 11.1 Å². The molecule has 0 aliphatic carbocycles. The van der Waals surface area contributed by atoms with Crippen LogP contribution in [0, 0.1) is 10.1 Å². The van der Waals surface area contributed by atoms with Crippen LogP contribution in [0.2, 0.25) is 0 Å². The topological polar surface area (TPSA) is 80.4 Å². The normalized spacial score (nSPS) is 10.2. The van der Waals surface area contributed by atoms with E-state index in [4.69, 9.17) is 0 Å². The number of carbonyl (C=O) groups is 1. The van der Waals surface area contributed by atoms with Crippen molar-refractivity contribution in [3.63, 3.8) is 0 Å². The van der Waals surface area contributed by atoms with Crippen molar-refractivity contribution in [2.45, 2.75) is 4.90 Å². The van der Waals surface area contributed by atoms with Gasteiger partial charge in [0.15, 0.2) is 0 Å². The van der Waals surface area contributed by atoms with Gasteiger partial charge in [-0.1, -0.05) is 18.2 Å². The lowest BCUT2D eigenvalue weighted by Crippen LogP contribution is -2.01. The average molecular weight is 289 g/mol. The number of non-ortho nitro benzene ring substituents is 1. The number of nitro groups is 1. The van der Waals surface area contributed by atoms with Crippen LogP contribution in [0.4, 0.5) is 5.69 Å². The number of rotatable bonds is 4. The third-order valence-corrected chi connectivity index (χ3v) is 3.64. The average Bonchev–Trinajstić information content (AvgIpc) is 2.46. The fraction of sp³-hybridized carbons (Fsp3) is 0.0714. The van der Waals surface area contributed by atoms with Crippen LogP contribution in [0.1, 0.15) is 10.4 Å². The van der Waals surface area contributed by atoms with E-state index in [1.165, 1.54) is 30.0 Å². The van der Waals surface area contributed by atoms with Gasteiger partial charge in [-0.2, -0.15) is 0 Å². The highest BCUT2D eigenvalue weighted by Gasteiger charge is 2.18. The number of aromatic carboxylic acids is 1. The molecule has 0 saturated carbocycles. The Balaban J connectivity index is 2.72. The number of thioether (sulfide) groups is 1. The van der Waals surface area contributed by atoms with Gasteiger partial charge in [-0.25, -0.2) is 4.79 Å². The molecule has 0 aliphatic heterocycles. The Morgan fingerprint density at radius 1 is 1.20 bits per heavy atom. The summed E-state index contributed by atoms with van der Waals surface area (Å²) in [4.78, 5) is 22.5. The Kier molecular flexibility index (Phi) is 4.05. The standard InChI is InChI=1S/C14H11NO4S/c1-20-13-5-3-2-4-10(13)12-8-9(15(18)19)6-7-11(12)14(16)17/h2-8H,1H3,(H,16,17). The number of benzene rings is 2. The summed E-state index contributed by atoms with van der Waals surface area (Å²) in [5, 5.41) is 20.1. The lowest BCUT2D eigenvalue weighted by atomic mass is 9.99. The van der Waals surface area contributed by atoms with Gasteiger partial charge in [0.05, 0.1) is 10.5 Å². The van der Waals surface area contributed by atoms with Crippen molar-refractivity contribution in [2.24, 2.45) is 0 Å². The van der Waals surface area contributed by atoms with Crippen molar-refractivity contribution in [1.29, 1.82) is 0 Å². The Morgan fingerprint density at radius 2 is 1.90 bits per heavy atom. The highest BCUT2D eigenvalue weighted by Crippen LogP contribution is 2.34. The van der Waals surface area contributed by atoms with Gasteiger partial charge < -0.3 is 5.11 Å². The molecule has 2 aromatic rings. The molecule has 0 heterocycles. The van der Waals surface area contributed by atoms with Gasteiger partial charge in [-0.3, -0.25) is 10.1 Å². The van der Waals surface area contributed by atoms with E-state index in [-0.39, 0.29) is 11.3 Å². The molecule has 0 radical (unpaired) electrons. The summed E-state index contributed by atoms with van der Waals surface area (Å²) in [5.74, 6) is -1.11. The summed E-state index contributed by atoms with van der Waals surface area (Å²) in [6, 6.07) is 11.0. The van der Waals surface area contributed by atoms with Gasteiger partial charge in [0.1, 0.15) is 0 Å². The first kappa shape index (κ1) is 14.1. The molecule has 2 rings (SSSR count). The zero-order chi connectivity index (χ0) is 14.7. The number of carboxylic acids is 1. The van der Waals surface area contributed by atoms with Crippen molar-refractivity contribution < 1.29 is 14.8 Å². The molecule has 1 N–H and O–H groups in total. The van der Waals surface area contributed by atoms with E-state index in [0.717, 1.165) is 4.90 Å². The molecule has 20 heavy (non-hydrogen) atoms. The van der Waals surface area contributed by atoms with Crippen LogP contribution in [-0.4, -0.2) is 22.3 Å². The molecule has 5 nitrogen and oxygen atoms in total. The molecule has 0 aromatic heterocycles. The lowest BCUT2D eigenvalue weighted by molar-refractivity contribution is -0.384. The van der Waals surface area contributed by atoms with Crippen molar-refractivity contribution in [2.75, 3.05) is 6.26 Å². The van der Waals surface area contributed by atoms with Crippen LogP contribution in [0.15, 0.2) is 47.4 Å². The zero-order valence-corrected chi connectivity index (χ0v) is 11.4. The van der Waals surface area contributed by atoms with Crippen molar-refractivity contribution >= 4 is 23.4 Å². The summed E-state index contributed by atoms with van der Waals surface area (Å²) < 4.78 is 0. The fourth-order valence-electron chi connectivity index (χ4n) is 1.92. The molecule has 0 bridgehead atoms. The molecule has 0 atom stereocenters. The van der Waals surface area contributed by atoms with Crippen LogP contribution in [0.25, 0.3) is 11.1 Å². The number of nitro benzene ring substituents is 1. The third-order valence-electron chi connectivity index (χ3n) is 2.84. The zero-order valence-electron chi connectivity index (χ0n) is 10.6. The predicted molar refractivity (Wildman–Crippen MR) is 77.3 cm³/mol. The van der Waals surface area contributed by atoms with Crippen LogP contribution < -0.4 is 0 Å². The quantitative estimate of drug-likeness (QED) is 0.527. The van der Waals surface area contributed by atoms with Crippen LogP contribution in [0.3, 0.4) is 0 Å². The summed E-state index contributed by atoms with van der Waals surface area (Å²) in [6.07, 6.45) is 1.87. The predicted octanol–water partition coefficient (Wildman–Crippen LogP) is 3.68. The number of hydrogen-bond acceptors (Lipinski definition) is 4. The first-order valence-corrected chi connectivity index (χ1v) is 6.92. The van der Waals surface area contributed by atoms with E-state index in [1.807, 2.05) is 18.4 Å². The third kappa shape index (κ3) is 2.65. The summed E-state index contributed by atoms with van der Waals surface area (Å²) in [5.41, 5.74) is 0.968. The molecule has 0 saturated heterocycles. The maximum Gasteiger partial charge on any atom is 0.336 e. The second kappa shape index (κ2) is 5.75. The number of carboxylic acid groups (broad SMARTS) is 1. The van der Waals surface area contributed by atoms with E-state index in [1.54, 1.807) is 12.1 Å². The highest BCUT2D eigenvalue weighted by atomic mass is 32.2. The number of nitrogens with zero attached hydrogens (tertiary/aromatic N) is 1. The number of hydrogen-bond donors (Lipinski definition) is 1. The Morgan fingerprint density at radius 3 is 2.50 bits per heavy atom. The minimum atomic E-state index is -1.11. The van der Waals surface area contributed by atoms with Crippen molar-refractivity contribution in [1.82, 2.24) is 0 Å². The van der Waals surface area contributed by atoms with E-state index >= 15 is 0 Å². The van der Waals surface area contributed by atoms with Gasteiger partial charge in [0.25, 0.3) is 5.69 Å². The maximum absolute atomic E-state index is 11.3. The molecular weight excluding hydrogens is 278 g/mol. The molecule has 0 fully saturated rings. The smallest absolute Gasteiger partial charge is 0.336 e. The first-order valence-electron chi connectivity index (χ1n) is 5.69. The second-order valence-corrected chi connectivity index (χ2v) is 4.84. The van der Waals surface area contributed by atoms with Crippen LogP contribution >= 0.6 is 11.8 Å². The highest BCUT2D eigenvalue weighted by molar-refractivity contribution is 7.98. The molecule has 0 spiro atoms. The molecule has 0 amide bonds. The fourth-order valence-corrected chi connectivity index (χ4v) is 2.53. The molecule has 0 aliphatic rings. The Labute approximate surface area is 119 Å².